The molecular weight excluding hydrogens is 751 g/mol. The Morgan fingerprint density at radius 2 is 0.900 bits per heavy atom. The predicted molar refractivity (Wildman–Crippen MR) is 244 cm³/mol. The lowest BCUT2D eigenvalue weighted by atomic mass is 9.99. The zero-order chi connectivity index (χ0) is 43.0. The van der Waals surface area contributed by atoms with Crippen molar-refractivity contribution in [1.82, 2.24) is 14.7 Å². The fourth-order valence-electron chi connectivity index (χ4n) is 7.91. The number of carbonyl (C=O) groups is 3. The van der Waals surface area contributed by atoms with Crippen LogP contribution in [0.3, 0.4) is 0 Å². The molecule has 0 saturated carbocycles. The summed E-state index contributed by atoms with van der Waals surface area (Å²) in [4.78, 5) is 41.4. The Hall–Kier alpha value is -4.05. The zero-order valence-electron chi connectivity index (χ0n) is 37.6. The molecule has 9 heteroatoms. The largest absolute Gasteiger partial charge is 0.494 e. The number of hydrogen-bond acceptors (Lipinski definition) is 9. The molecule has 3 aliphatic heterocycles. The molecule has 0 bridgehead atoms. The summed E-state index contributed by atoms with van der Waals surface area (Å²) in [5.41, 5.74) is 2.24. The monoisotopic (exact) mass is 826 g/mol. The number of Topliss-reactive ketones (excluding diaryl/α,β-unsaturated/α-hetero) is 3. The fraction of sp³-hybridized carbons (Fsp3) is 0.588. The summed E-state index contributed by atoms with van der Waals surface area (Å²) in [5, 5.41) is 0. The number of piperidine rings is 3. The Balaban J connectivity index is 0.000000198. The molecule has 0 radical (unpaired) electrons. The highest BCUT2D eigenvalue weighted by molar-refractivity contribution is 5.96. The van der Waals surface area contributed by atoms with Gasteiger partial charge in [0.25, 0.3) is 0 Å². The zero-order valence-corrected chi connectivity index (χ0v) is 37.6. The highest BCUT2D eigenvalue weighted by Crippen LogP contribution is 2.19. The van der Waals surface area contributed by atoms with Crippen molar-refractivity contribution in [2.45, 2.75) is 105 Å². The maximum Gasteiger partial charge on any atom is 0.162 e. The summed E-state index contributed by atoms with van der Waals surface area (Å²) >= 11 is 0. The summed E-state index contributed by atoms with van der Waals surface area (Å²) in [6.07, 6.45) is 13.2. The maximum atomic E-state index is 11.5. The minimum absolute atomic E-state index is 0.0933. The molecule has 1 atom stereocenters. The molecule has 3 aromatic carbocycles. The third-order valence-electron chi connectivity index (χ3n) is 11.7. The lowest BCUT2D eigenvalue weighted by Gasteiger charge is -2.30. The van der Waals surface area contributed by atoms with Crippen LogP contribution >= 0.6 is 0 Å². The van der Waals surface area contributed by atoms with Crippen molar-refractivity contribution in [3.05, 3.63) is 89.5 Å². The van der Waals surface area contributed by atoms with E-state index < -0.39 is 0 Å². The van der Waals surface area contributed by atoms with Crippen LogP contribution in [0.5, 0.6) is 17.2 Å². The van der Waals surface area contributed by atoms with Crippen LogP contribution in [0.25, 0.3) is 0 Å². The van der Waals surface area contributed by atoms with Gasteiger partial charge in [-0.2, -0.15) is 0 Å². The molecule has 3 heterocycles. The minimum Gasteiger partial charge on any atom is -0.494 e. The van der Waals surface area contributed by atoms with Gasteiger partial charge in [-0.15, -0.1) is 0 Å². The van der Waals surface area contributed by atoms with Crippen LogP contribution in [0.15, 0.2) is 72.8 Å². The van der Waals surface area contributed by atoms with Gasteiger partial charge in [-0.1, -0.05) is 27.2 Å². The topological polar surface area (TPSA) is 88.6 Å². The summed E-state index contributed by atoms with van der Waals surface area (Å²) < 4.78 is 17.2. The van der Waals surface area contributed by atoms with Crippen LogP contribution in [-0.4, -0.2) is 111 Å². The first-order valence-electron chi connectivity index (χ1n) is 23.0. The van der Waals surface area contributed by atoms with E-state index in [0.29, 0.717) is 6.42 Å². The van der Waals surface area contributed by atoms with Crippen LogP contribution in [-0.2, 0) is 0 Å². The molecular formula is C51H75N3O6. The van der Waals surface area contributed by atoms with E-state index in [-0.39, 0.29) is 17.3 Å². The quantitative estimate of drug-likeness (QED) is 0.0866. The van der Waals surface area contributed by atoms with Crippen LogP contribution in [0.2, 0.25) is 0 Å². The number of ether oxygens (including phenoxy) is 3. The highest BCUT2D eigenvalue weighted by atomic mass is 16.5. The Bertz CT molecular complexity index is 1650. The van der Waals surface area contributed by atoms with Crippen LogP contribution in [0, 0.1) is 11.8 Å². The van der Waals surface area contributed by atoms with Gasteiger partial charge in [0, 0.05) is 49.3 Å². The van der Waals surface area contributed by atoms with E-state index in [1.165, 1.54) is 84.2 Å². The van der Waals surface area contributed by atoms with Gasteiger partial charge in [0.15, 0.2) is 17.3 Å². The molecule has 3 aliphatic rings. The molecule has 60 heavy (non-hydrogen) atoms. The van der Waals surface area contributed by atoms with Crippen molar-refractivity contribution in [1.29, 1.82) is 0 Å². The Labute approximate surface area is 362 Å². The van der Waals surface area contributed by atoms with Crippen molar-refractivity contribution in [3.8, 4) is 17.2 Å². The molecule has 0 aliphatic carbocycles. The number of benzene rings is 3. The Kier molecular flexibility index (Phi) is 22.5. The van der Waals surface area contributed by atoms with Crippen LogP contribution < -0.4 is 14.2 Å². The van der Waals surface area contributed by atoms with E-state index in [4.69, 9.17) is 14.2 Å². The van der Waals surface area contributed by atoms with E-state index in [2.05, 4.69) is 28.5 Å². The maximum absolute atomic E-state index is 11.5. The van der Waals surface area contributed by atoms with E-state index in [1.54, 1.807) is 13.8 Å². The molecule has 6 rings (SSSR count). The number of nitrogens with zero attached hydrogens (tertiary/aromatic N) is 3. The van der Waals surface area contributed by atoms with Crippen LogP contribution in [0.4, 0.5) is 0 Å². The average molecular weight is 826 g/mol. The van der Waals surface area contributed by atoms with Gasteiger partial charge in [-0.05, 0) is 189 Å². The third-order valence-corrected chi connectivity index (χ3v) is 11.7. The molecule has 3 fully saturated rings. The first-order chi connectivity index (χ1) is 29.1. The van der Waals surface area contributed by atoms with Gasteiger partial charge in [0.05, 0.1) is 19.8 Å². The summed E-state index contributed by atoms with van der Waals surface area (Å²) in [7, 11) is 0. The predicted octanol–water partition coefficient (Wildman–Crippen LogP) is 10.3. The highest BCUT2D eigenvalue weighted by Gasteiger charge is 2.16. The molecule has 0 N–H and O–H groups in total. The van der Waals surface area contributed by atoms with E-state index in [1.807, 2.05) is 79.7 Å². The molecule has 3 aromatic rings. The number of ketones is 3. The minimum atomic E-state index is 0.0933. The molecule has 9 nitrogen and oxygen atoms in total. The van der Waals surface area contributed by atoms with Gasteiger partial charge in [0.1, 0.15) is 17.2 Å². The summed E-state index contributed by atoms with van der Waals surface area (Å²) in [5.74, 6) is 4.65. The molecule has 0 amide bonds. The van der Waals surface area contributed by atoms with Crippen LogP contribution in [0.1, 0.15) is 136 Å². The normalized spacial score (nSPS) is 17.6. The smallest absolute Gasteiger partial charge is 0.162 e. The molecule has 0 spiro atoms. The second-order valence-corrected chi connectivity index (χ2v) is 17.0. The fourth-order valence-corrected chi connectivity index (χ4v) is 7.91. The van der Waals surface area contributed by atoms with Gasteiger partial charge in [-0.25, -0.2) is 0 Å². The molecule has 0 aromatic heterocycles. The van der Waals surface area contributed by atoms with E-state index in [0.717, 1.165) is 104 Å². The number of rotatable bonds is 19. The molecule has 3 saturated heterocycles. The first-order valence-corrected chi connectivity index (χ1v) is 23.0. The lowest BCUT2D eigenvalue weighted by molar-refractivity contribution is 0.0984. The standard InChI is InChI=1S/3C17H25NO2/c1-14-8-11-18(12-9-14)10-3-13-20-17-6-4-16(5-7-17)15(2)19;1-14-5-3-10-18(13-14)11-4-12-20-17-8-6-16(7-9-17)15(2)19;1-2-17(19)15-7-9-16(10-8-15)20-14-6-13-18-11-4-3-5-12-18/h4-7,14H,3,8-13H2,1-2H3;6-9,14H,3-5,10-13H2,1-2H3;7-10H,2-6,11-14H2,1H3. The Morgan fingerprint density at radius 1 is 0.500 bits per heavy atom. The second-order valence-electron chi connectivity index (χ2n) is 17.0. The van der Waals surface area contributed by atoms with E-state index >= 15 is 0 Å². The van der Waals surface area contributed by atoms with Gasteiger partial charge < -0.3 is 28.9 Å². The lowest BCUT2D eigenvalue weighted by Crippen LogP contribution is -2.35. The average Bonchev–Trinajstić information content (AvgIpc) is 3.27. The van der Waals surface area contributed by atoms with Crippen molar-refractivity contribution in [2.75, 3.05) is 78.7 Å². The SMILES string of the molecule is CC(=O)c1ccc(OCCCN2CCC(C)CC2)cc1.CC(=O)c1ccc(OCCCN2CCCC(C)C2)cc1.CCC(=O)c1ccc(OCCCN2CCCCC2)cc1. The van der Waals surface area contributed by atoms with Crippen molar-refractivity contribution in [3.63, 3.8) is 0 Å². The van der Waals surface area contributed by atoms with Gasteiger partial charge in [-0.3, -0.25) is 14.4 Å². The van der Waals surface area contributed by atoms with Gasteiger partial charge in [0.2, 0.25) is 0 Å². The van der Waals surface area contributed by atoms with Crippen molar-refractivity contribution >= 4 is 17.3 Å². The van der Waals surface area contributed by atoms with Crippen molar-refractivity contribution in [2.24, 2.45) is 11.8 Å². The van der Waals surface area contributed by atoms with Gasteiger partial charge >= 0.3 is 0 Å². The summed E-state index contributed by atoms with van der Waals surface area (Å²) in [6.45, 7) is 22.7. The number of hydrogen-bond donors (Lipinski definition) is 0. The third kappa shape index (κ3) is 19.1. The molecule has 330 valence electrons. The van der Waals surface area contributed by atoms with E-state index in [9.17, 15) is 14.4 Å². The van der Waals surface area contributed by atoms with Crippen molar-refractivity contribution < 1.29 is 28.6 Å². The Morgan fingerprint density at radius 3 is 1.32 bits per heavy atom. The summed E-state index contributed by atoms with van der Waals surface area (Å²) in [6, 6.07) is 22.3. The second kappa shape index (κ2) is 27.7. The molecule has 1 unspecified atom stereocenters. The number of carbonyl (C=O) groups excluding carboxylic acids is 3. The first kappa shape index (κ1) is 48.6. The number of likely N-dealkylation sites (tertiary alicyclic amines) is 3.